The smallest absolute Gasteiger partial charge is 0.416 e. The Morgan fingerprint density at radius 2 is 1.80 bits per heavy atom. The third kappa shape index (κ3) is 3.59. The summed E-state index contributed by atoms with van der Waals surface area (Å²) in [7, 11) is 0. The van der Waals surface area contributed by atoms with Gasteiger partial charge in [-0.2, -0.15) is 18.4 Å². The number of ether oxygens (including phenoxy) is 1. The third-order valence-corrected chi connectivity index (χ3v) is 6.07. The Morgan fingerprint density at radius 1 is 1.03 bits per heavy atom. The second-order valence-corrected chi connectivity index (χ2v) is 7.86. The average molecular weight is 455 g/mol. The van der Waals surface area contributed by atoms with Gasteiger partial charge >= 0.3 is 6.18 Å². The van der Waals surface area contributed by atoms with E-state index in [-0.39, 0.29) is 11.5 Å². The molecule has 2 aromatic rings. The van der Waals surface area contributed by atoms with Gasteiger partial charge in [0.15, 0.2) is 6.23 Å². The number of nitriles is 1. The van der Waals surface area contributed by atoms with Gasteiger partial charge in [0.05, 0.1) is 27.2 Å². The molecule has 4 rings (SSSR count). The Labute approximate surface area is 180 Å². The quantitative estimate of drug-likeness (QED) is 0.616. The molecule has 1 fully saturated rings. The van der Waals surface area contributed by atoms with Gasteiger partial charge in [0, 0.05) is 11.8 Å². The molecule has 4 unspecified atom stereocenters. The summed E-state index contributed by atoms with van der Waals surface area (Å²) in [5, 5.41) is 10.4. The standard InChI is InChI=1S/C20H15Cl2F3N4O/c21-13-5-4-10(7-14(13)22)17-16-15(9-2-1-3-11(6-9)20(23,24)25)12(8-26)18(27)30-19(16)29-28-17/h1-7,15-17,19,28-29H,27H2. The van der Waals surface area contributed by atoms with Crippen LogP contribution in [0.15, 0.2) is 53.9 Å². The summed E-state index contributed by atoms with van der Waals surface area (Å²) in [6.07, 6.45) is -5.18. The third-order valence-electron chi connectivity index (χ3n) is 5.33. The molecule has 0 aromatic heterocycles. The molecule has 0 saturated carbocycles. The molecule has 1 saturated heterocycles. The van der Waals surface area contributed by atoms with E-state index in [2.05, 4.69) is 10.9 Å². The average Bonchev–Trinajstić information content (AvgIpc) is 3.11. The van der Waals surface area contributed by atoms with Crippen LogP contribution in [-0.4, -0.2) is 6.23 Å². The molecule has 2 aliphatic rings. The Morgan fingerprint density at radius 3 is 2.47 bits per heavy atom. The van der Waals surface area contributed by atoms with Crippen molar-refractivity contribution < 1.29 is 17.9 Å². The summed E-state index contributed by atoms with van der Waals surface area (Å²) in [5.74, 6) is -1.34. The summed E-state index contributed by atoms with van der Waals surface area (Å²) in [6, 6.07) is 11.5. The van der Waals surface area contributed by atoms with Gasteiger partial charge in [-0.1, -0.05) is 47.5 Å². The normalized spacial score (nSPS) is 26.1. The zero-order valence-electron chi connectivity index (χ0n) is 15.2. The van der Waals surface area contributed by atoms with Crippen LogP contribution in [0, 0.1) is 17.2 Å². The number of fused-ring (bicyclic) bond motifs is 1. The van der Waals surface area contributed by atoms with Crippen molar-refractivity contribution in [1.29, 1.82) is 5.26 Å². The largest absolute Gasteiger partial charge is 0.458 e. The van der Waals surface area contributed by atoms with E-state index in [1.165, 1.54) is 6.07 Å². The van der Waals surface area contributed by atoms with Crippen LogP contribution in [-0.2, 0) is 10.9 Å². The number of hydrogen-bond donors (Lipinski definition) is 3. The van der Waals surface area contributed by atoms with Crippen LogP contribution < -0.4 is 16.6 Å². The summed E-state index contributed by atoms with van der Waals surface area (Å²) in [4.78, 5) is 0. The topological polar surface area (TPSA) is 83.1 Å². The lowest BCUT2D eigenvalue weighted by Gasteiger charge is -2.36. The minimum atomic E-state index is -4.52. The number of alkyl halides is 3. The second kappa shape index (κ2) is 7.67. The van der Waals surface area contributed by atoms with Crippen molar-refractivity contribution in [2.75, 3.05) is 0 Å². The molecule has 0 spiro atoms. The molecule has 156 valence electrons. The number of benzene rings is 2. The maximum Gasteiger partial charge on any atom is 0.416 e. The van der Waals surface area contributed by atoms with E-state index in [4.69, 9.17) is 33.7 Å². The lowest BCUT2D eigenvalue weighted by atomic mass is 9.74. The van der Waals surface area contributed by atoms with Gasteiger partial charge in [0.1, 0.15) is 6.07 Å². The molecular weight excluding hydrogens is 440 g/mol. The summed E-state index contributed by atoms with van der Waals surface area (Å²) < 4.78 is 45.6. The molecule has 10 heteroatoms. The number of nitrogens with one attached hydrogen (secondary N) is 2. The molecule has 2 aromatic carbocycles. The number of hydrogen-bond acceptors (Lipinski definition) is 5. The number of nitrogens with zero attached hydrogens (tertiary/aromatic N) is 1. The number of hydrazine groups is 1. The van der Waals surface area contributed by atoms with Crippen LogP contribution in [0.25, 0.3) is 0 Å². The number of nitrogens with two attached hydrogens (primary N) is 1. The first-order valence-corrected chi connectivity index (χ1v) is 9.66. The highest BCUT2D eigenvalue weighted by molar-refractivity contribution is 6.42. The lowest BCUT2D eigenvalue weighted by Crippen LogP contribution is -2.41. The fourth-order valence-corrected chi connectivity index (χ4v) is 4.30. The summed E-state index contributed by atoms with van der Waals surface area (Å²) >= 11 is 12.2. The van der Waals surface area contributed by atoms with Crippen molar-refractivity contribution in [3.63, 3.8) is 0 Å². The zero-order valence-corrected chi connectivity index (χ0v) is 16.7. The first-order valence-electron chi connectivity index (χ1n) is 8.90. The van der Waals surface area contributed by atoms with Gasteiger partial charge < -0.3 is 10.5 Å². The van der Waals surface area contributed by atoms with Gasteiger partial charge in [-0.15, -0.1) is 0 Å². The monoisotopic (exact) mass is 454 g/mol. The maximum atomic E-state index is 13.3. The van der Waals surface area contributed by atoms with Gasteiger partial charge in [-0.3, -0.25) is 0 Å². The predicted molar refractivity (Wildman–Crippen MR) is 105 cm³/mol. The molecule has 5 nitrogen and oxygen atoms in total. The van der Waals surface area contributed by atoms with E-state index < -0.39 is 35.8 Å². The van der Waals surface area contributed by atoms with E-state index in [9.17, 15) is 18.4 Å². The number of rotatable bonds is 2. The summed E-state index contributed by atoms with van der Waals surface area (Å²) in [6.45, 7) is 0. The second-order valence-electron chi connectivity index (χ2n) is 7.05. The highest BCUT2D eigenvalue weighted by Gasteiger charge is 2.49. The van der Waals surface area contributed by atoms with Crippen molar-refractivity contribution in [2.24, 2.45) is 11.7 Å². The molecule has 4 atom stereocenters. The zero-order chi connectivity index (χ0) is 21.6. The van der Waals surface area contributed by atoms with Crippen LogP contribution in [0.3, 0.4) is 0 Å². The molecule has 0 aliphatic carbocycles. The first kappa shape index (κ1) is 20.8. The van der Waals surface area contributed by atoms with Crippen LogP contribution in [0.4, 0.5) is 13.2 Å². The minimum Gasteiger partial charge on any atom is -0.458 e. The van der Waals surface area contributed by atoms with Gasteiger partial charge in [-0.25, -0.2) is 10.9 Å². The first-order chi connectivity index (χ1) is 14.2. The lowest BCUT2D eigenvalue weighted by molar-refractivity contribution is -0.137. The van der Waals surface area contributed by atoms with Crippen molar-refractivity contribution in [3.8, 4) is 6.07 Å². The highest BCUT2D eigenvalue weighted by atomic mass is 35.5. The van der Waals surface area contributed by atoms with Gasteiger partial charge in [0.25, 0.3) is 0 Å². The molecule has 0 amide bonds. The van der Waals surface area contributed by atoms with E-state index in [1.807, 2.05) is 6.07 Å². The molecule has 30 heavy (non-hydrogen) atoms. The molecule has 4 N–H and O–H groups in total. The van der Waals surface area contributed by atoms with Crippen molar-refractivity contribution in [1.82, 2.24) is 10.9 Å². The van der Waals surface area contributed by atoms with E-state index in [0.717, 1.165) is 17.7 Å². The Balaban J connectivity index is 1.84. The molecule has 2 aliphatic heterocycles. The SMILES string of the molecule is N#CC1=C(N)OC2NNC(c3ccc(Cl)c(Cl)c3)C2C1c1cccc(C(F)(F)F)c1. The van der Waals surface area contributed by atoms with E-state index in [1.54, 1.807) is 24.3 Å². The summed E-state index contributed by atoms with van der Waals surface area (Å²) in [5.41, 5.74) is 12.3. The van der Waals surface area contributed by atoms with Gasteiger partial charge in [0.2, 0.25) is 5.88 Å². The van der Waals surface area contributed by atoms with Crippen molar-refractivity contribution in [2.45, 2.75) is 24.4 Å². The fraction of sp³-hybridized carbons (Fsp3) is 0.250. The predicted octanol–water partition coefficient (Wildman–Crippen LogP) is 4.61. The van der Waals surface area contributed by atoms with Crippen LogP contribution in [0.1, 0.15) is 28.7 Å². The molecule has 0 bridgehead atoms. The van der Waals surface area contributed by atoms with Crippen LogP contribution in [0.5, 0.6) is 0 Å². The minimum absolute atomic E-state index is 0.0751. The Hall–Kier alpha value is -2.44. The molecular formula is C20H15Cl2F3N4O. The molecule has 0 radical (unpaired) electrons. The highest BCUT2D eigenvalue weighted by Crippen LogP contribution is 2.48. The van der Waals surface area contributed by atoms with Gasteiger partial charge in [-0.05, 0) is 29.3 Å². The Bertz CT molecular complexity index is 1070. The van der Waals surface area contributed by atoms with Crippen LogP contribution >= 0.6 is 23.2 Å². The fourth-order valence-electron chi connectivity index (χ4n) is 3.99. The maximum absolute atomic E-state index is 13.3. The number of allylic oxidation sites excluding steroid dienone is 1. The van der Waals surface area contributed by atoms with E-state index in [0.29, 0.717) is 15.6 Å². The number of halogens is 5. The van der Waals surface area contributed by atoms with E-state index >= 15 is 0 Å². The van der Waals surface area contributed by atoms with Crippen molar-refractivity contribution >= 4 is 23.2 Å². The molecule has 2 heterocycles. The van der Waals surface area contributed by atoms with Crippen LogP contribution in [0.2, 0.25) is 10.0 Å². The van der Waals surface area contributed by atoms with Crippen molar-refractivity contribution in [3.05, 3.63) is 80.7 Å². The Kier molecular flexibility index (Phi) is 5.32.